The van der Waals surface area contributed by atoms with Crippen LogP contribution in [0.5, 0.6) is 5.75 Å². The van der Waals surface area contributed by atoms with Crippen molar-refractivity contribution < 1.29 is 22.7 Å². The molecule has 3 nitrogen and oxygen atoms in total. The van der Waals surface area contributed by atoms with Crippen LogP contribution in [-0.2, 0) is 11.4 Å². The van der Waals surface area contributed by atoms with Gasteiger partial charge in [0.25, 0.3) is 0 Å². The summed E-state index contributed by atoms with van der Waals surface area (Å²) in [6.45, 7) is -0.159. The van der Waals surface area contributed by atoms with Gasteiger partial charge < -0.3 is 9.57 Å². The number of hydrogen-bond donors (Lipinski definition) is 0. The first-order valence-electron chi connectivity index (χ1n) is 6.11. The van der Waals surface area contributed by atoms with Crippen LogP contribution in [0.3, 0.4) is 0 Å². The lowest BCUT2D eigenvalue weighted by Gasteiger charge is -2.12. The van der Waals surface area contributed by atoms with Crippen LogP contribution in [0.4, 0.5) is 13.2 Å². The normalized spacial score (nSPS) is 11.6. The van der Waals surface area contributed by atoms with Crippen molar-refractivity contribution in [2.24, 2.45) is 5.16 Å². The molecule has 1 radical (unpaired) electrons. The lowest BCUT2D eigenvalue weighted by Crippen LogP contribution is -2.18. The van der Waals surface area contributed by atoms with Crippen LogP contribution < -0.4 is 4.74 Å². The fraction of sp³-hybridized carbons (Fsp3) is 0.133. The van der Waals surface area contributed by atoms with Crippen LogP contribution in [-0.4, -0.2) is 12.6 Å². The SMILES string of the molecule is FC(F)(F)Oc1ccccc1CO/N=[C]\c1cccc(Br)c1. The molecule has 0 aliphatic heterocycles. The highest BCUT2D eigenvalue weighted by Crippen LogP contribution is 2.26. The van der Waals surface area contributed by atoms with Gasteiger partial charge in [-0.3, -0.25) is 0 Å². The summed E-state index contributed by atoms with van der Waals surface area (Å²) in [7, 11) is 0. The zero-order valence-corrected chi connectivity index (χ0v) is 12.7. The van der Waals surface area contributed by atoms with Crippen molar-refractivity contribution in [3.05, 3.63) is 64.1 Å². The van der Waals surface area contributed by atoms with Gasteiger partial charge >= 0.3 is 6.36 Å². The molecule has 0 spiro atoms. The smallest absolute Gasteiger partial charge is 0.405 e. The minimum atomic E-state index is -4.75. The van der Waals surface area contributed by atoms with E-state index >= 15 is 0 Å². The van der Waals surface area contributed by atoms with Crippen molar-refractivity contribution in [1.29, 1.82) is 0 Å². The Labute approximate surface area is 133 Å². The Bertz CT molecular complexity index is 659. The molecule has 0 N–H and O–H groups in total. The third-order valence-corrected chi connectivity index (χ3v) is 2.98. The molecule has 0 heterocycles. The van der Waals surface area contributed by atoms with E-state index in [1.807, 2.05) is 6.07 Å². The minimum Gasteiger partial charge on any atom is -0.405 e. The third kappa shape index (κ3) is 5.40. The fourth-order valence-electron chi connectivity index (χ4n) is 1.59. The van der Waals surface area contributed by atoms with Gasteiger partial charge in [-0.05, 0) is 18.2 Å². The number of hydrogen-bond acceptors (Lipinski definition) is 3. The standard InChI is InChI=1S/C15H10BrF3NO2/c16-13-6-3-4-11(8-13)9-20-21-10-12-5-1-2-7-14(12)22-15(17,18)19/h1-8H,10H2. The number of rotatable bonds is 5. The maximum Gasteiger partial charge on any atom is 0.573 e. The van der Waals surface area contributed by atoms with E-state index in [2.05, 4.69) is 32.0 Å². The Morgan fingerprint density at radius 3 is 2.59 bits per heavy atom. The zero-order valence-electron chi connectivity index (χ0n) is 11.1. The molecular weight excluding hydrogens is 363 g/mol. The maximum absolute atomic E-state index is 12.3. The molecule has 0 saturated carbocycles. The second-order valence-electron chi connectivity index (χ2n) is 4.14. The van der Waals surface area contributed by atoms with E-state index in [0.717, 1.165) is 4.47 Å². The van der Waals surface area contributed by atoms with Crippen molar-refractivity contribution in [3.8, 4) is 5.75 Å². The molecule has 2 aromatic rings. The molecule has 0 aromatic heterocycles. The summed E-state index contributed by atoms with van der Waals surface area (Å²) in [5, 5.41) is 3.61. The first-order chi connectivity index (χ1) is 10.4. The number of ether oxygens (including phenoxy) is 1. The van der Waals surface area contributed by atoms with Gasteiger partial charge in [0.1, 0.15) is 18.6 Å². The Hall–Kier alpha value is -2.02. The van der Waals surface area contributed by atoms with Crippen molar-refractivity contribution in [2.45, 2.75) is 13.0 Å². The molecule has 0 saturated heterocycles. The summed E-state index contributed by atoms with van der Waals surface area (Å²) in [6, 6.07) is 12.9. The van der Waals surface area contributed by atoms with E-state index in [1.54, 1.807) is 24.3 Å². The first-order valence-corrected chi connectivity index (χ1v) is 6.90. The van der Waals surface area contributed by atoms with E-state index in [-0.39, 0.29) is 17.9 Å². The summed E-state index contributed by atoms with van der Waals surface area (Å²) in [6.07, 6.45) is -2.12. The molecule has 0 aliphatic rings. The van der Waals surface area contributed by atoms with Crippen LogP contribution in [0.15, 0.2) is 58.2 Å². The number of nitrogens with zero attached hydrogens (tertiary/aromatic N) is 1. The van der Waals surface area contributed by atoms with Gasteiger partial charge in [0, 0.05) is 15.6 Å². The van der Waals surface area contributed by atoms with E-state index in [4.69, 9.17) is 4.84 Å². The van der Waals surface area contributed by atoms with E-state index < -0.39 is 6.36 Å². The minimum absolute atomic E-state index is 0.159. The zero-order chi connectivity index (χ0) is 16.0. The van der Waals surface area contributed by atoms with Crippen LogP contribution in [0.25, 0.3) is 0 Å². The average molecular weight is 373 g/mol. The molecular formula is C15H10BrF3NO2. The van der Waals surface area contributed by atoms with Crippen molar-refractivity contribution in [3.63, 3.8) is 0 Å². The number of benzene rings is 2. The number of alkyl halides is 3. The molecule has 0 amide bonds. The monoisotopic (exact) mass is 372 g/mol. The Kier molecular flexibility index (Phi) is 5.43. The van der Waals surface area contributed by atoms with Gasteiger partial charge in [0.15, 0.2) is 0 Å². The lowest BCUT2D eigenvalue weighted by atomic mass is 10.2. The summed E-state index contributed by atoms with van der Waals surface area (Å²) in [5.41, 5.74) is 0.911. The molecule has 22 heavy (non-hydrogen) atoms. The second-order valence-corrected chi connectivity index (χ2v) is 5.06. The summed E-state index contributed by atoms with van der Waals surface area (Å²) in [4.78, 5) is 4.97. The van der Waals surface area contributed by atoms with Gasteiger partial charge in [0.2, 0.25) is 0 Å². The fourth-order valence-corrected chi connectivity index (χ4v) is 1.99. The van der Waals surface area contributed by atoms with Gasteiger partial charge in [-0.2, -0.15) is 0 Å². The van der Waals surface area contributed by atoms with Crippen molar-refractivity contribution in [2.75, 3.05) is 0 Å². The average Bonchev–Trinajstić information content (AvgIpc) is 2.44. The summed E-state index contributed by atoms with van der Waals surface area (Å²) in [5.74, 6) is -0.312. The Balaban J connectivity index is 1.97. The molecule has 7 heteroatoms. The maximum atomic E-state index is 12.3. The van der Waals surface area contributed by atoms with Crippen molar-refractivity contribution in [1.82, 2.24) is 0 Å². The molecule has 2 rings (SSSR count). The van der Waals surface area contributed by atoms with E-state index in [1.165, 1.54) is 18.2 Å². The van der Waals surface area contributed by atoms with Crippen LogP contribution in [0, 0.1) is 0 Å². The molecule has 0 atom stereocenters. The van der Waals surface area contributed by atoms with Crippen LogP contribution >= 0.6 is 15.9 Å². The topological polar surface area (TPSA) is 30.8 Å². The highest BCUT2D eigenvalue weighted by Gasteiger charge is 2.32. The summed E-state index contributed by atoms with van der Waals surface area (Å²) >= 11 is 3.30. The van der Waals surface area contributed by atoms with Gasteiger partial charge in [-0.1, -0.05) is 51.4 Å². The second kappa shape index (κ2) is 7.31. The Morgan fingerprint density at radius 2 is 1.86 bits per heavy atom. The molecule has 0 aliphatic carbocycles. The molecule has 115 valence electrons. The third-order valence-electron chi connectivity index (χ3n) is 2.48. The van der Waals surface area contributed by atoms with Crippen LogP contribution in [0.2, 0.25) is 0 Å². The Morgan fingerprint density at radius 1 is 1.09 bits per heavy atom. The molecule has 2 aromatic carbocycles. The molecule has 0 fully saturated rings. The van der Waals surface area contributed by atoms with Gasteiger partial charge in [-0.25, -0.2) is 0 Å². The predicted molar refractivity (Wildman–Crippen MR) is 78.6 cm³/mol. The quantitative estimate of drug-likeness (QED) is 0.558. The lowest BCUT2D eigenvalue weighted by molar-refractivity contribution is -0.275. The highest BCUT2D eigenvalue weighted by atomic mass is 79.9. The van der Waals surface area contributed by atoms with Gasteiger partial charge in [0.05, 0.1) is 0 Å². The van der Waals surface area contributed by atoms with Crippen molar-refractivity contribution >= 4 is 22.1 Å². The molecule has 0 unspecified atom stereocenters. The van der Waals surface area contributed by atoms with Gasteiger partial charge in [-0.15, -0.1) is 13.2 Å². The van der Waals surface area contributed by atoms with Crippen LogP contribution in [0.1, 0.15) is 11.1 Å². The largest absolute Gasteiger partial charge is 0.573 e. The first kappa shape index (κ1) is 16.4. The number of para-hydroxylation sites is 1. The number of halogens is 4. The summed E-state index contributed by atoms with van der Waals surface area (Å²) < 4.78 is 41.6. The van der Waals surface area contributed by atoms with E-state index in [0.29, 0.717) is 5.56 Å². The predicted octanol–water partition coefficient (Wildman–Crippen LogP) is 4.78. The highest BCUT2D eigenvalue weighted by molar-refractivity contribution is 9.10. The molecule has 0 bridgehead atoms. The van der Waals surface area contributed by atoms with E-state index in [9.17, 15) is 13.2 Å².